The van der Waals surface area contributed by atoms with Crippen molar-refractivity contribution in [3.05, 3.63) is 0 Å². The Balaban J connectivity index is 1.62. The Kier molecular flexibility index (Phi) is 5.91. The number of carbonyl (C=O) groups excluding carboxylic acids is 1. The minimum absolute atomic E-state index is 0.100. The average Bonchev–Trinajstić information content (AvgIpc) is 2.77. The van der Waals surface area contributed by atoms with E-state index in [4.69, 9.17) is 4.74 Å². The van der Waals surface area contributed by atoms with Crippen LogP contribution in [0, 0.1) is 0 Å². The van der Waals surface area contributed by atoms with Gasteiger partial charge in [-0.15, -0.1) is 0 Å². The second-order valence-corrected chi connectivity index (χ2v) is 9.59. The van der Waals surface area contributed by atoms with Gasteiger partial charge in [0.2, 0.25) is 0 Å². The molecule has 2 heterocycles. The second-order valence-electron chi connectivity index (χ2n) is 7.36. The molecule has 0 aliphatic carbocycles. The Morgan fingerprint density at radius 1 is 1.22 bits per heavy atom. The number of ether oxygens (including phenoxy) is 1. The molecule has 0 spiro atoms. The van der Waals surface area contributed by atoms with Crippen molar-refractivity contribution in [1.29, 1.82) is 0 Å². The van der Waals surface area contributed by atoms with Gasteiger partial charge in [-0.1, -0.05) is 0 Å². The van der Waals surface area contributed by atoms with E-state index in [0.717, 1.165) is 32.6 Å². The number of carbonyl (C=O) groups is 1. The molecule has 1 amide bonds. The van der Waals surface area contributed by atoms with Crippen molar-refractivity contribution in [2.24, 2.45) is 0 Å². The molecule has 2 aliphatic heterocycles. The Morgan fingerprint density at radius 3 is 2.39 bits per heavy atom. The van der Waals surface area contributed by atoms with Crippen LogP contribution >= 0.6 is 0 Å². The Hall–Kier alpha value is -0.860. The minimum Gasteiger partial charge on any atom is -0.444 e. The summed E-state index contributed by atoms with van der Waals surface area (Å²) < 4.78 is 28.2. The molecule has 0 saturated carbocycles. The highest BCUT2D eigenvalue weighted by atomic mass is 32.2. The maximum atomic E-state index is 12.0. The van der Waals surface area contributed by atoms with Gasteiger partial charge in [-0.05, 0) is 27.2 Å². The van der Waals surface area contributed by atoms with Gasteiger partial charge in [0.25, 0.3) is 0 Å². The molecule has 0 aromatic carbocycles. The van der Waals surface area contributed by atoms with Crippen LogP contribution in [0.4, 0.5) is 4.79 Å². The first kappa shape index (κ1) is 18.5. The minimum atomic E-state index is -2.82. The quantitative estimate of drug-likeness (QED) is 0.789. The fourth-order valence-corrected chi connectivity index (χ4v) is 4.57. The van der Waals surface area contributed by atoms with Crippen molar-refractivity contribution in [3.8, 4) is 0 Å². The zero-order valence-corrected chi connectivity index (χ0v) is 15.2. The van der Waals surface area contributed by atoms with Gasteiger partial charge in [0, 0.05) is 45.3 Å². The van der Waals surface area contributed by atoms with E-state index in [0.29, 0.717) is 18.8 Å². The van der Waals surface area contributed by atoms with Crippen LogP contribution < -0.4 is 5.32 Å². The average molecular weight is 347 g/mol. The van der Waals surface area contributed by atoms with Crippen molar-refractivity contribution in [3.63, 3.8) is 0 Å². The number of nitrogens with one attached hydrogen (secondary N) is 1. The van der Waals surface area contributed by atoms with E-state index in [1.165, 1.54) is 0 Å². The highest BCUT2D eigenvalue weighted by Crippen LogP contribution is 2.12. The molecule has 2 rings (SSSR count). The fourth-order valence-electron chi connectivity index (χ4n) is 2.86. The summed E-state index contributed by atoms with van der Waals surface area (Å²) in [5.41, 5.74) is -0.459. The lowest BCUT2D eigenvalue weighted by atomic mass is 10.2. The van der Waals surface area contributed by atoms with E-state index in [2.05, 4.69) is 10.2 Å². The number of nitrogens with zero attached hydrogens (tertiary/aromatic N) is 2. The molecule has 1 N–H and O–H groups in total. The number of sulfone groups is 1. The van der Waals surface area contributed by atoms with E-state index in [9.17, 15) is 13.2 Å². The van der Waals surface area contributed by atoms with Gasteiger partial charge < -0.3 is 15.0 Å². The standard InChI is InChI=1S/C15H29N3O4S/c1-15(2,3)22-14(19)18-9-7-17(8-10-18)6-5-16-13-4-11-23(20,21)12-13/h13,16H,4-12H2,1-3H3. The lowest BCUT2D eigenvalue weighted by Gasteiger charge is -2.35. The highest BCUT2D eigenvalue weighted by Gasteiger charge is 2.28. The van der Waals surface area contributed by atoms with E-state index >= 15 is 0 Å². The molecule has 1 atom stereocenters. The predicted molar refractivity (Wildman–Crippen MR) is 89.3 cm³/mol. The van der Waals surface area contributed by atoms with Crippen LogP contribution in [0.1, 0.15) is 27.2 Å². The molecule has 2 fully saturated rings. The van der Waals surface area contributed by atoms with Gasteiger partial charge in [-0.25, -0.2) is 13.2 Å². The highest BCUT2D eigenvalue weighted by molar-refractivity contribution is 7.91. The molecule has 0 aromatic heterocycles. The van der Waals surface area contributed by atoms with Crippen LogP contribution in [0.2, 0.25) is 0 Å². The largest absolute Gasteiger partial charge is 0.444 e. The number of amides is 1. The molecule has 8 heteroatoms. The summed E-state index contributed by atoms with van der Waals surface area (Å²) >= 11 is 0. The summed E-state index contributed by atoms with van der Waals surface area (Å²) in [4.78, 5) is 16.0. The zero-order chi connectivity index (χ0) is 17.1. The molecule has 2 aliphatic rings. The number of hydrogen-bond donors (Lipinski definition) is 1. The second kappa shape index (κ2) is 7.36. The third-order valence-corrected chi connectivity index (χ3v) is 5.89. The summed E-state index contributed by atoms with van der Waals surface area (Å²) in [7, 11) is -2.82. The SMILES string of the molecule is CC(C)(C)OC(=O)N1CCN(CCNC2CCS(=O)(=O)C2)CC1. The van der Waals surface area contributed by atoms with Crippen LogP contribution in [-0.4, -0.2) is 86.7 Å². The molecule has 2 saturated heterocycles. The Labute approximate surface area is 139 Å². The van der Waals surface area contributed by atoms with Crippen molar-refractivity contribution in [2.75, 3.05) is 50.8 Å². The van der Waals surface area contributed by atoms with E-state index < -0.39 is 15.4 Å². The van der Waals surface area contributed by atoms with Crippen LogP contribution in [0.15, 0.2) is 0 Å². The van der Waals surface area contributed by atoms with Gasteiger partial charge in [0.15, 0.2) is 9.84 Å². The summed E-state index contributed by atoms with van der Waals surface area (Å²) in [5, 5.41) is 3.32. The molecule has 23 heavy (non-hydrogen) atoms. The lowest BCUT2D eigenvalue weighted by Crippen LogP contribution is -2.51. The zero-order valence-electron chi connectivity index (χ0n) is 14.4. The summed E-state index contributed by atoms with van der Waals surface area (Å²) in [6.45, 7) is 10.3. The summed E-state index contributed by atoms with van der Waals surface area (Å²) in [6, 6.07) is 0.100. The van der Waals surface area contributed by atoms with E-state index in [1.54, 1.807) is 4.90 Å². The third kappa shape index (κ3) is 6.27. The first-order valence-electron chi connectivity index (χ1n) is 8.29. The molecule has 0 aromatic rings. The molecule has 7 nitrogen and oxygen atoms in total. The van der Waals surface area contributed by atoms with Crippen LogP contribution in [0.5, 0.6) is 0 Å². The number of hydrogen-bond acceptors (Lipinski definition) is 6. The molecular weight excluding hydrogens is 318 g/mol. The predicted octanol–water partition coefficient (Wildman–Crippen LogP) is 0.316. The first-order chi connectivity index (χ1) is 10.6. The van der Waals surface area contributed by atoms with Gasteiger partial charge >= 0.3 is 6.09 Å². The van der Waals surface area contributed by atoms with Crippen LogP contribution in [0.3, 0.4) is 0 Å². The fraction of sp³-hybridized carbons (Fsp3) is 0.933. The van der Waals surface area contributed by atoms with Crippen LogP contribution in [-0.2, 0) is 14.6 Å². The smallest absolute Gasteiger partial charge is 0.410 e. The maximum Gasteiger partial charge on any atom is 0.410 e. The lowest BCUT2D eigenvalue weighted by molar-refractivity contribution is 0.0146. The van der Waals surface area contributed by atoms with Gasteiger partial charge in [0.1, 0.15) is 5.60 Å². The van der Waals surface area contributed by atoms with Crippen molar-refractivity contribution in [1.82, 2.24) is 15.1 Å². The third-order valence-electron chi connectivity index (χ3n) is 4.12. The van der Waals surface area contributed by atoms with Gasteiger partial charge in [-0.3, -0.25) is 4.90 Å². The monoisotopic (exact) mass is 347 g/mol. The topological polar surface area (TPSA) is 79.0 Å². The molecule has 0 bridgehead atoms. The molecule has 0 radical (unpaired) electrons. The van der Waals surface area contributed by atoms with Crippen molar-refractivity contribution < 1.29 is 17.9 Å². The van der Waals surface area contributed by atoms with Gasteiger partial charge in [0.05, 0.1) is 11.5 Å². The number of rotatable bonds is 4. The maximum absolute atomic E-state index is 12.0. The van der Waals surface area contributed by atoms with E-state index in [-0.39, 0.29) is 17.9 Å². The summed E-state index contributed by atoms with van der Waals surface area (Å²) in [5.74, 6) is 0.568. The first-order valence-corrected chi connectivity index (χ1v) is 10.1. The Bertz CT molecular complexity index is 507. The van der Waals surface area contributed by atoms with Crippen molar-refractivity contribution >= 4 is 15.9 Å². The van der Waals surface area contributed by atoms with Crippen LogP contribution in [0.25, 0.3) is 0 Å². The normalized spacial score (nSPS) is 25.5. The summed E-state index contributed by atoms with van der Waals surface area (Å²) in [6.07, 6.45) is 0.473. The number of piperazine rings is 1. The Morgan fingerprint density at radius 2 is 1.87 bits per heavy atom. The van der Waals surface area contributed by atoms with Crippen molar-refractivity contribution in [2.45, 2.75) is 38.8 Å². The van der Waals surface area contributed by atoms with E-state index in [1.807, 2.05) is 20.8 Å². The molecular formula is C15H29N3O4S. The molecule has 134 valence electrons. The molecule has 1 unspecified atom stereocenters. The van der Waals surface area contributed by atoms with Gasteiger partial charge in [-0.2, -0.15) is 0 Å².